The van der Waals surface area contributed by atoms with Crippen molar-refractivity contribution in [2.24, 2.45) is 5.73 Å². The molecule has 76 valence electrons. The fourth-order valence-corrected chi connectivity index (χ4v) is 1.37. The number of nitrogens with two attached hydrogens (primary N) is 1. The number of hydrogen-bond acceptors (Lipinski definition) is 2. The van der Waals surface area contributed by atoms with Gasteiger partial charge < -0.3 is 11.1 Å². The number of thiocarbonyl (C=S) groups is 1. The van der Waals surface area contributed by atoms with Crippen molar-refractivity contribution in [1.29, 1.82) is 0 Å². The molecule has 14 heavy (non-hydrogen) atoms. The molecule has 1 unspecified atom stereocenters. The summed E-state index contributed by atoms with van der Waals surface area (Å²) < 4.78 is 0. The molecular weight excluding hydrogens is 192 g/mol. The average molecular weight is 208 g/mol. The van der Waals surface area contributed by atoms with E-state index in [2.05, 4.69) is 19.2 Å². The molecule has 0 saturated carbocycles. The Morgan fingerprint density at radius 1 is 1.50 bits per heavy atom. The molecule has 0 aliphatic carbocycles. The molecule has 1 atom stereocenters. The normalized spacial score (nSPS) is 12.1. The van der Waals surface area contributed by atoms with Gasteiger partial charge in [-0.3, -0.25) is 0 Å². The van der Waals surface area contributed by atoms with E-state index in [0.717, 1.165) is 17.7 Å². The first kappa shape index (κ1) is 11.0. The fourth-order valence-electron chi connectivity index (χ4n) is 1.19. The van der Waals surface area contributed by atoms with Crippen molar-refractivity contribution in [3.05, 3.63) is 29.8 Å². The van der Waals surface area contributed by atoms with E-state index in [1.807, 2.05) is 24.3 Å². The lowest BCUT2D eigenvalue weighted by molar-refractivity contribution is 0.764. The molecule has 0 saturated heterocycles. The smallest absolute Gasteiger partial charge is 0.106 e. The zero-order valence-electron chi connectivity index (χ0n) is 8.58. The van der Waals surface area contributed by atoms with Gasteiger partial charge in [0.25, 0.3) is 0 Å². The van der Waals surface area contributed by atoms with Crippen LogP contribution in [-0.4, -0.2) is 11.0 Å². The van der Waals surface area contributed by atoms with E-state index in [1.165, 1.54) is 0 Å². The SMILES string of the molecule is CCC(C)Nc1ccccc1C(N)=S. The van der Waals surface area contributed by atoms with E-state index in [1.54, 1.807) is 0 Å². The first-order valence-electron chi connectivity index (χ1n) is 4.80. The van der Waals surface area contributed by atoms with Crippen LogP contribution >= 0.6 is 12.2 Å². The summed E-state index contributed by atoms with van der Waals surface area (Å²) in [5, 5.41) is 3.37. The lowest BCUT2D eigenvalue weighted by atomic mass is 10.1. The topological polar surface area (TPSA) is 38.0 Å². The Labute approximate surface area is 90.5 Å². The van der Waals surface area contributed by atoms with Crippen LogP contribution in [0.15, 0.2) is 24.3 Å². The Kier molecular flexibility index (Phi) is 3.89. The van der Waals surface area contributed by atoms with Crippen LogP contribution in [0.3, 0.4) is 0 Å². The van der Waals surface area contributed by atoms with Gasteiger partial charge in [-0.1, -0.05) is 31.3 Å². The van der Waals surface area contributed by atoms with Crippen molar-refractivity contribution in [2.75, 3.05) is 5.32 Å². The van der Waals surface area contributed by atoms with E-state index in [-0.39, 0.29) is 0 Å². The second-order valence-electron chi connectivity index (χ2n) is 3.36. The molecular formula is C11H16N2S. The van der Waals surface area contributed by atoms with Crippen LogP contribution in [0.2, 0.25) is 0 Å². The Balaban J connectivity index is 2.90. The van der Waals surface area contributed by atoms with Gasteiger partial charge in [-0.05, 0) is 25.5 Å². The summed E-state index contributed by atoms with van der Waals surface area (Å²) in [5.41, 5.74) is 7.56. The van der Waals surface area contributed by atoms with Crippen molar-refractivity contribution < 1.29 is 0 Å². The summed E-state index contributed by atoms with van der Waals surface area (Å²) in [6, 6.07) is 8.29. The van der Waals surface area contributed by atoms with Crippen LogP contribution in [0.25, 0.3) is 0 Å². The van der Waals surface area contributed by atoms with Crippen molar-refractivity contribution >= 4 is 22.9 Å². The monoisotopic (exact) mass is 208 g/mol. The van der Waals surface area contributed by atoms with Crippen LogP contribution in [0.5, 0.6) is 0 Å². The molecule has 0 bridgehead atoms. The zero-order valence-corrected chi connectivity index (χ0v) is 9.40. The molecule has 2 nitrogen and oxygen atoms in total. The summed E-state index contributed by atoms with van der Waals surface area (Å²) in [5.74, 6) is 0. The molecule has 3 heteroatoms. The lowest BCUT2D eigenvalue weighted by Gasteiger charge is -2.15. The lowest BCUT2D eigenvalue weighted by Crippen LogP contribution is -2.18. The van der Waals surface area contributed by atoms with Crippen molar-refractivity contribution in [2.45, 2.75) is 26.3 Å². The van der Waals surface area contributed by atoms with E-state index in [9.17, 15) is 0 Å². The van der Waals surface area contributed by atoms with Crippen molar-refractivity contribution in [3.8, 4) is 0 Å². The van der Waals surface area contributed by atoms with Gasteiger partial charge in [-0.2, -0.15) is 0 Å². The van der Waals surface area contributed by atoms with Gasteiger partial charge in [0.05, 0.1) is 0 Å². The van der Waals surface area contributed by atoms with E-state index < -0.39 is 0 Å². The van der Waals surface area contributed by atoms with Gasteiger partial charge in [0, 0.05) is 17.3 Å². The van der Waals surface area contributed by atoms with Crippen molar-refractivity contribution in [3.63, 3.8) is 0 Å². The zero-order chi connectivity index (χ0) is 10.6. The number of para-hydroxylation sites is 1. The highest BCUT2D eigenvalue weighted by Gasteiger charge is 2.05. The third-order valence-electron chi connectivity index (χ3n) is 2.21. The van der Waals surface area contributed by atoms with Gasteiger partial charge in [0.15, 0.2) is 0 Å². The third-order valence-corrected chi connectivity index (χ3v) is 2.43. The predicted octanol–water partition coefficient (Wildman–Crippen LogP) is 2.53. The predicted molar refractivity (Wildman–Crippen MR) is 65.7 cm³/mol. The molecule has 0 aliphatic rings. The summed E-state index contributed by atoms with van der Waals surface area (Å²) in [7, 11) is 0. The van der Waals surface area contributed by atoms with Crippen LogP contribution in [0.1, 0.15) is 25.8 Å². The molecule has 0 amide bonds. The average Bonchev–Trinajstić information content (AvgIpc) is 2.18. The molecule has 0 spiro atoms. The number of nitrogens with one attached hydrogen (secondary N) is 1. The molecule has 1 aromatic carbocycles. The van der Waals surface area contributed by atoms with Gasteiger partial charge >= 0.3 is 0 Å². The molecule has 1 aromatic rings. The Hall–Kier alpha value is -1.09. The van der Waals surface area contributed by atoms with E-state index in [0.29, 0.717) is 11.0 Å². The number of anilines is 1. The van der Waals surface area contributed by atoms with Crippen LogP contribution in [0.4, 0.5) is 5.69 Å². The minimum absolute atomic E-state index is 0.436. The van der Waals surface area contributed by atoms with Crippen LogP contribution in [-0.2, 0) is 0 Å². The Morgan fingerprint density at radius 2 is 2.14 bits per heavy atom. The summed E-state index contributed by atoms with van der Waals surface area (Å²) in [6.07, 6.45) is 1.08. The maximum atomic E-state index is 5.62. The minimum atomic E-state index is 0.436. The number of hydrogen-bond donors (Lipinski definition) is 2. The Bertz CT molecular complexity index is 323. The summed E-state index contributed by atoms with van der Waals surface area (Å²) in [6.45, 7) is 4.28. The molecule has 0 aliphatic heterocycles. The number of benzene rings is 1. The van der Waals surface area contributed by atoms with Crippen LogP contribution < -0.4 is 11.1 Å². The standard InChI is InChI=1S/C11H16N2S/c1-3-8(2)13-10-7-5-4-6-9(10)11(12)14/h4-8,13H,3H2,1-2H3,(H2,12,14). The van der Waals surface area contributed by atoms with Gasteiger partial charge in [-0.25, -0.2) is 0 Å². The second kappa shape index (κ2) is 4.96. The van der Waals surface area contributed by atoms with Crippen molar-refractivity contribution in [1.82, 2.24) is 0 Å². The quantitative estimate of drug-likeness (QED) is 0.747. The molecule has 0 radical (unpaired) electrons. The van der Waals surface area contributed by atoms with Gasteiger partial charge in [0.2, 0.25) is 0 Å². The highest BCUT2D eigenvalue weighted by atomic mass is 32.1. The van der Waals surface area contributed by atoms with Gasteiger partial charge in [0.1, 0.15) is 4.99 Å². The van der Waals surface area contributed by atoms with Crippen LogP contribution in [0, 0.1) is 0 Å². The maximum Gasteiger partial charge on any atom is 0.106 e. The highest BCUT2D eigenvalue weighted by molar-refractivity contribution is 7.80. The van der Waals surface area contributed by atoms with E-state index in [4.69, 9.17) is 18.0 Å². The largest absolute Gasteiger partial charge is 0.389 e. The van der Waals surface area contributed by atoms with E-state index >= 15 is 0 Å². The molecule has 3 N–H and O–H groups in total. The first-order valence-corrected chi connectivity index (χ1v) is 5.21. The Morgan fingerprint density at radius 3 is 2.71 bits per heavy atom. The minimum Gasteiger partial charge on any atom is -0.389 e. The molecule has 0 heterocycles. The second-order valence-corrected chi connectivity index (χ2v) is 3.80. The maximum absolute atomic E-state index is 5.62. The fraction of sp³-hybridized carbons (Fsp3) is 0.364. The highest BCUT2D eigenvalue weighted by Crippen LogP contribution is 2.16. The van der Waals surface area contributed by atoms with Gasteiger partial charge in [-0.15, -0.1) is 0 Å². The number of rotatable bonds is 4. The summed E-state index contributed by atoms with van der Waals surface area (Å²) >= 11 is 4.98. The third kappa shape index (κ3) is 2.70. The first-order chi connectivity index (χ1) is 6.65. The molecule has 1 rings (SSSR count). The molecule has 0 aromatic heterocycles. The summed E-state index contributed by atoms with van der Waals surface area (Å²) in [4.78, 5) is 0.441. The molecule has 0 fully saturated rings.